The summed E-state index contributed by atoms with van der Waals surface area (Å²) in [6.07, 6.45) is 4.18. The summed E-state index contributed by atoms with van der Waals surface area (Å²) in [5, 5.41) is 29.9. The number of nitrogens with zero attached hydrogens (tertiary/aromatic N) is 1. The molecular weight excluding hydrogens is 450 g/mol. The fraction of sp³-hybridized carbons (Fsp3) is 0.560. The van der Waals surface area contributed by atoms with E-state index in [1.807, 2.05) is 6.07 Å². The molecule has 2 aliphatic heterocycles. The van der Waals surface area contributed by atoms with Gasteiger partial charge in [-0.15, -0.1) is 0 Å². The Morgan fingerprint density at radius 3 is 2.43 bits per heavy atom. The van der Waals surface area contributed by atoms with E-state index in [0.29, 0.717) is 30.7 Å². The summed E-state index contributed by atoms with van der Waals surface area (Å²) in [5.41, 5.74) is -0.659. The quantitative estimate of drug-likeness (QED) is 0.302. The number of amides is 2. The van der Waals surface area contributed by atoms with Crippen molar-refractivity contribution in [3.05, 3.63) is 35.4 Å². The first kappa shape index (κ1) is 26.3. The molecule has 188 valence electrons. The summed E-state index contributed by atoms with van der Waals surface area (Å²) >= 11 is 0. The molecule has 2 unspecified atom stereocenters. The van der Waals surface area contributed by atoms with Gasteiger partial charge in [-0.2, -0.15) is 5.26 Å². The van der Waals surface area contributed by atoms with Crippen LogP contribution in [0.5, 0.6) is 0 Å². The van der Waals surface area contributed by atoms with E-state index in [9.17, 15) is 24.3 Å². The highest BCUT2D eigenvalue weighted by atomic mass is 16.4. The van der Waals surface area contributed by atoms with Crippen molar-refractivity contribution in [1.29, 1.82) is 5.26 Å². The molecule has 10 heteroatoms. The zero-order chi connectivity index (χ0) is 25.3. The number of aliphatic carboxylic acids is 1. The molecule has 0 spiro atoms. The molecule has 0 aromatic heterocycles. The standard InChI is InChI=1S/C25H33N5O5/c26-14-18-2-5-19(6-3-18)22(32)30-20(23(33)34)15-29-24(35)25(10-1-11-28-16-25)21(31)7-4-17-8-12-27-13-9-17/h2-3,5-6,17,20,27-28H,1,4,7-13,15-16H2,(H,29,35)(H,30,32)(H,33,34). The lowest BCUT2D eigenvalue weighted by molar-refractivity contribution is -0.144. The molecule has 10 nitrogen and oxygen atoms in total. The first-order valence-corrected chi connectivity index (χ1v) is 12.1. The molecule has 3 rings (SSSR count). The molecule has 0 bridgehead atoms. The van der Waals surface area contributed by atoms with E-state index in [4.69, 9.17) is 5.26 Å². The van der Waals surface area contributed by atoms with E-state index in [1.165, 1.54) is 24.3 Å². The van der Waals surface area contributed by atoms with Crippen LogP contribution in [0.1, 0.15) is 54.4 Å². The van der Waals surface area contributed by atoms with E-state index in [-0.39, 0.29) is 24.4 Å². The third kappa shape index (κ3) is 6.87. The highest BCUT2D eigenvalue weighted by Crippen LogP contribution is 2.31. The summed E-state index contributed by atoms with van der Waals surface area (Å²) in [6.45, 7) is 2.47. The van der Waals surface area contributed by atoms with Crippen molar-refractivity contribution >= 4 is 23.6 Å². The maximum Gasteiger partial charge on any atom is 0.328 e. The van der Waals surface area contributed by atoms with E-state index >= 15 is 0 Å². The maximum absolute atomic E-state index is 13.3. The number of carboxylic acids is 1. The Hall–Kier alpha value is -3.29. The average Bonchev–Trinajstić information content (AvgIpc) is 2.90. The van der Waals surface area contributed by atoms with Crippen LogP contribution >= 0.6 is 0 Å². The Labute approximate surface area is 204 Å². The molecule has 2 fully saturated rings. The summed E-state index contributed by atoms with van der Waals surface area (Å²) in [5.74, 6) is -2.10. The normalized spacial score (nSPS) is 21.3. The minimum atomic E-state index is -1.37. The van der Waals surface area contributed by atoms with E-state index in [1.54, 1.807) is 0 Å². The van der Waals surface area contributed by atoms with Gasteiger partial charge in [0.2, 0.25) is 5.91 Å². The van der Waals surface area contributed by atoms with Crippen molar-refractivity contribution in [2.24, 2.45) is 11.3 Å². The average molecular weight is 484 g/mol. The molecule has 2 amide bonds. The molecule has 35 heavy (non-hydrogen) atoms. The van der Waals surface area contributed by atoms with Crippen LogP contribution in [0.3, 0.4) is 0 Å². The van der Waals surface area contributed by atoms with Gasteiger partial charge < -0.3 is 26.4 Å². The van der Waals surface area contributed by atoms with Crippen LogP contribution in [0.15, 0.2) is 24.3 Å². The SMILES string of the molecule is N#Cc1ccc(C(=O)NC(CNC(=O)C2(C(=O)CCC3CCNCC3)CCCNC2)C(=O)O)cc1. The number of carbonyl (C=O) groups excluding carboxylic acids is 3. The smallest absolute Gasteiger partial charge is 0.328 e. The van der Waals surface area contributed by atoms with Crippen molar-refractivity contribution in [3.8, 4) is 6.07 Å². The van der Waals surface area contributed by atoms with Gasteiger partial charge in [0.05, 0.1) is 11.6 Å². The number of ketones is 1. The van der Waals surface area contributed by atoms with Crippen molar-refractivity contribution < 1.29 is 24.3 Å². The topological polar surface area (TPSA) is 160 Å². The van der Waals surface area contributed by atoms with Crippen LogP contribution in [0.25, 0.3) is 0 Å². The second-order valence-corrected chi connectivity index (χ2v) is 9.28. The van der Waals surface area contributed by atoms with Crippen LogP contribution in [0, 0.1) is 22.7 Å². The van der Waals surface area contributed by atoms with Gasteiger partial charge in [0.25, 0.3) is 5.91 Å². The van der Waals surface area contributed by atoms with Crippen LogP contribution in [0.4, 0.5) is 0 Å². The number of carbonyl (C=O) groups is 4. The van der Waals surface area contributed by atoms with Gasteiger partial charge in [-0.25, -0.2) is 4.79 Å². The van der Waals surface area contributed by atoms with Crippen LogP contribution in [0.2, 0.25) is 0 Å². The van der Waals surface area contributed by atoms with Crippen LogP contribution in [-0.4, -0.2) is 67.4 Å². The number of hydrogen-bond acceptors (Lipinski definition) is 7. The molecule has 2 atom stereocenters. The second kappa shape index (κ2) is 12.4. The predicted octanol–water partition coefficient (Wildman–Crippen LogP) is 0.576. The molecular formula is C25H33N5O5. The fourth-order valence-corrected chi connectivity index (χ4v) is 4.71. The van der Waals surface area contributed by atoms with Crippen molar-refractivity contribution in [2.75, 3.05) is 32.7 Å². The Kier molecular flexibility index (Phi) is 9.34. The number of rotatable bonds is 10. The zero-order valence-electron chi connectivity index (χ0n) is 19.8. The molecule has 0 saturated carbocycles. The number of Topliss-reactive ketones (excluding diaryl/α,β-unsaturated/α-hetero) is 1. The van der Waals surface area contributed by atoms with Crippen LogP contribution < -0.4 is 21.3 Å². The third-order valence-corrected chi connectivity index (χ3v) is 6.94. The number of benzene rings is 1. The second-order valence-electron chi connectivity index (χ2n) is 9.28. The van der Waals surface area contributed by atoms with Gasteiger partial charge in [0.1, 0.15) is 17.2 Å². The van der Waals surface area contributed by atoms with E-state index in [0.717, 1.165) is 38.9 Å². The van der Waals surface area contributed by atoms with E-state index < -0.39 is 29.2 Å². The zero-order valence-corrected chi connectivity index (χ0v) is 19.8. The summed E-state index contributed by atoms with van der Waals surface area (Å²) in [4.78, 5) is 50.7. The Morgan fingerprint density at radius 1 is 1.11 bits per heavy atom. The summed E-state index contributed by atoms with van der Waals surface area (Å²) in [6, 6.07) is 6.34. The molecule has 2 heterocycles. The number of hydrogen-bond donors (Lipinski definition) is 5. The van der Waals surface area contributed by atoms with Crippen molar-refractivity contribution in [1.82, 2.24) is 21.3 Å². The third-order valence-electron chi connectivity index (χ3n) is 6.94. The highest BCUT2D eigenvalue weighted by molar-refractivity contribution is 6.06. The van der Waals surface area contributed by atoms with Gasteiger partial charge in [-0.05, 0) is 81.9 Å². The van der Waals surface area contributed by atoms with Crippen molar-refractivity contribution in [2.45, 2.75) is 44.6 Å². The lowest BCUT2D eigenvalue weighted by atomic mass is 9.73. The minimum absolute atomic E-state index is 0.116. The largest absolute Gasteiger partial charge is 0.480 e. The monoisotopic (exact) mass is 483 g/mol. The Balaban J connectivity index is 1.61. The van der Waals surface area contributed by atoms with Gasteiger partial charge in [-0.1, -0.05) is 0 Å². The van der Waals surface area contributed by atoms with Gasteiger partial charge in [0, 0.05) is 25.1 Å². The van der Waals surface area contributed by atoms with Gasteiger partial charge >= 0.3 is 5.97 Å². The van der Waals surface area contributed by atoms with Gasteiger partial charge in [0.15, 0.2) is 0 Å². The lowest BCUT2D eigenvalue weighted by Gasteiger charge is -2.35. The molecule has 1 aromatic rings. The van der Waals surface area contributed by atoms with Crippen LogP contribution in [-0.2, 0) is 14.4 Å². The molecule has 2 saturated heterocycles. The lowest BCUT2D eigenvalue weighted by Crippen LogP contribution is -2.57. The molecule has 1 aromatic carbocycles. The number of nitrogens with one attached hydrogen (secondary N) is 4. The maximum atomic E-state index is 13.3. The Bertz CT molecular complexity index is 959. The number of nitriles is 1. The molecule has 5 N–H and O–H groups in total. The van der Waals surface area contributed by atoms with Gasteiger partial charge in [-0.3, -0.25) is 14.4 Å². The van der Waals surface area contributed by atoms with E-state index in [2.05, 4.69) is 21.3 Å². The molecule has 0 aliphatic carbocycles. The predicted molar refractivity (Wildman–Crippen MR) is 127 cm³/mol. The summed E-state index contributed by atoms with van der Waals surface area (Å²) < 4.78 is 0. The number of carboxylic acid groups (broad SMARTS) is 1. The number of piperidine rings is 2. The summed E-state index contributed by atoms with van der Waals surface area (Å²) in [7, 11) is 0. The highest BCUT2D eigenvalue weighted by Gasteiger charge is 2.46. The Morgan fingerprint density at radius 2 is 1.83 bits per heavy atom. The first-order valence-electron chi connectivity index (χ1n) is 12.1. The minimum Gasteiger partial charge on any atom is -0.480 e. The van der Waals surface area contributed by atoms with Crippen molar-refractivity contribution in [3.63, 3.8) is 0 Å². The molecule has 2 aliphatic rings. The fourth-order valence-electron chi connectivity index (χ4n) is 4.71. The first-order chi connectivity index (χ1) is 16.9. The molecule has 0 radical (unpaired) electrons.